The van der Waals surface area contributed by atoms with Crippen LogP contribution in [-0.2, 0) is 19.6 Å². The third kappa shape index (κ3) is 4.05. The van der Waals surface area contributed by atoms with Gasteiger partial charge in [-0.3, -0.25) is 0 Å². The highest BCUT2D eigenvalue weighted by molar-refractivity contribution is 6.31. The number of nitrogens with one attached hydrogen (secondary N) is 1. The van der Waals surface area contributed by atoms with Gasteiger partial charge in [0, 0.05) is 41.8 Å². The van der Waals surface area contributed by atoms with Gasteiger partial charge in [0.1, 0.15) is 5.82 Å². The zero-order valence-corrected chi connectivity index (χ0v) is 15.6. The summed E-state index contributed by atoms with van der Waals surface area (Å²) in [6.45, 7) is 2.18. The second kappa shape index (κ2) is 7.95. The largest absolute Gasteiger partial charge is 0.343 e. The van der Waals surface area contributed by atoms with Gasteiger partial charge in [0.05, 0.1) is 0 Å². The predicted molar refractivity (Wildman–Crippen MR) is 109 cm³/mol. The molecule has 0 unspecified atom stereocenters. The number of hydrogen-bond donors (Lipinski definition) is 1. The second-order valence-electron chi connectivity index (χ2n) is 6.62. The third-order valence-corrected chi connectivity index (χ3v) is 5.10. The highest BCUT2D eigenvalue weighted by atomic mass is 35.5. The van der Waals surface area contributed by atoms with Gasteiger partial charge in [-0.2, -0.15) is 0 Å². The Balaban J connectivity index is 1.54. The maximum atomic E-state index is 13.0. The molecule has 4 heteroatoms. The lowest BCUT2D eigenvalue weighted by molar-refractivity contribution is 0.625. The second-order valence-corrected chi connectivity index (χ2v) is 7.03. The van der Waals surface area contributed by atoms with Crippen LogP contribution in [0, 0.1) is 5.82 Å². The number of aromatic nitrogens is 1. The summed E-state index contributed by atoms with van der Waals surface area (Å²) in [4.78, 5) is 0. The average Bonchev–Trinajstić information content (AvgIpc) is 3.03. The lowest BCUT2D eigenvalue weighted by Gasteiger charge is -2.07. The maximum Gasteiger partial charge on any atom is 0.123 e. The molecular weight excluding hydrogens is 359 g/mol. The van der Waals surface area contributed by atoms with E-state index in [9.17, 15) is 4.39 Å². The first-order valence-electron chi connectivity index (χ1n) is 8.96. The van der Waals surface area contributed by atoms with Crippen LogP contribution in [0.1, 0.15) is 16.7 Å². The lowest BCUT2D eigenvalue weighted by Crippen LogP contribution is -2.12. The van der Waals surface area contributed by atoms with E-state index in [4.69, 9.17) is 11.6 Å². The van der Waals surface area contributed by atoms with Gasteiger partial charge < -0.3 is 9.88 Å². The molecule has 0 saturated heterocycles. The van der Waals surface area contributed by atoms with E-state index in [-0.39, 0.29) is 5.82 Å². The van der Waals surface area contributed by atoms with Crippen LogP contribution in [0.3, 0.4) is 0 Å². The Morgan fingerprint density at radius 3 is 2.37 bits per heavy atom. The molecule has 0 radical (unpaired) electrons. The minimum Gasteiger partial charge on any atom is -0.343 e. The molecule has 27 heavy (non-hydrogen) atoms. The first-order chi connectivity index (χ1) is 13.2. The monoisotopic (exact) mass is 378 g/mol. The minimum atomic E-state index is -0.207. The standard InChI is InChI=1S/C23H20ClFN2/c24-22-7-3-1-5-18(22)15-27-16-19(21-6-2-4-8-23(21)27)14-26-13-17-9-11-20(25)12-10-17/h1-12,16,26H,13-15H2. The van der Waals surface area contributed by atoms with Gasteiger partial charge in [0.2, 0.25) is 0 Å². The van der Waals surface area contributed by atoms with Crippen LogP contribution in [0.15, 0.2) is 79.0 Å². The van der Waals surface area contributed by atoms with Gasteiger partial charge in [0.25, 0.3) is 0 Å². The zero-order valence-electron chi connectivity index (χ0n) is 14.8. The van der Waals surface area contributed by atoms with Crippen molar-refractivity contribution in [1.82, 2.24) is 9.88 Å². The summed E-state index contributed by atoms with van der Waals surface area (Å²) >= 11 is 6.34. The van der Waals surface area contributed by atoms with Crippen LogP contribution in [0.25, 0.3) is 10.9 Å². The quantitative estimate of drug-likeness (QED) is 0.450. The van der Waals surface area contributed by atoms with Gasteiger partial charge in [-0.05, 0) is 41.0 Å². The molecule has 0 atom stereocenters. The predicted octanol–water partition coefficient (Wildman–Crippen LogP) is 5.77. The molecule has 0 spiro atoms. The number of rotatable bonds is 6. The summed E-state index contributed by atoms with van der Waals surface area (Å²) < 4.78 is 15.3. The van der Waals surface area contributed by atoms with E-state index in [0.29, 0.717) is 6.54 Å². The highest BCUT2D eigenvalue weighted by Gasteiger charge is 2.09. The molecule has 0 fully saturated rings. The number of fused-ring (bicyclic) bond motifs is 1. The molecule has 3 aromatic carbocycles. The third-order valence-electron chi connectivity index (χ3n) is 4.73. The Morgan fingerprint density at radius 1 is 0.815 bits per heavy atom. The number of nitrogens with zero attached hydrogens (tertiary/aromatic N) is 1. The van der Waals surface area contributed by atoms with E-state index in [1.165, 1.54) is 28.6 Å². The molecule has 0 aliphatic rings. The summed E-state index contributed by atoms with van der Waals surface area (Å²) in [6, 6.07) is 22.9. The van der Waals surface area contributed by atoms with E-state index in [0.717, 1.165) is 29.2 Å². The molecule has 0 aliphatic heterocycles. The molecule has 4 aromatic rings. The summed E-state index contributed by atoms with van der Waals surface area (Å²) in [5.74, 6) is -0.207. The molecule has 0 bridgehead atoms. The van der Waals surface area contributed by atoms with Crippen LogP contribution in [0.5, 0.6) is 0 Å². The van der Waals surface area contributed by atoms with Crippen molar-refractivity contribution in [3.8, 4) is 0 Å². The number of benzene rings is 3. The fraction of sp³-hybridized carbons (Fsp3) is 0.130. The molecule has 0 aliphatic carbocycles. The van der Waals surface area contributed by atoms with Gasteiger partial charge >= 0.3 is 0 Å². The Hall–Kier alpha value is -2.62. The average molecular weight is 379 g/mol. The number of halogens is 2. The maximum absolute atomic E-state index is 13.0. The van der Waals surface area contributed by atoms with Gasteiger partial charge in [0.15, 0.2) is 0 Å². The molecule has 1 N–H and O–H groups in total. The van der Waals surface area contributed by atoms with Crippen molar-refractivity contribution in [3.05, 3.63) is 107 Å². The van der Waals surface area contributed by atoms with Crippen molar-refractivity contribution in [2.24, 2.45) is 0 Å². The fourth-order valence-electron chi connectivity index (χ4n) is 3.35. The normalized spacial score (nSPS) is 11.2. The Labute approximate surface area is 163 Å². The van der Waals surface area contributed by atoms with Crippen molar-refractivity contribution in [2.45, 2.75) is 19.6 Å². The minimum absolute atomic E-state index is 0.207. The molecule has 136 valence electrons. The Morgan fingerprint density at radius 2 is 1.56 bits per heavy atom. The Bertz CT molecular complexity index is 1050. The van der Waals surface area contributed by atoms with Crippen LogP contribution in [-0.4, -0.2) is 4.57 Å². The van der Waals surface area contributed by atoms with Gasteiger partial charge in [-0.15, -0.1) is 0 Å². The van der Waals surface area contributed by atoms with Gasteiger partial charge in [-0.25, -0.2) is 4.39 Å². The SMILES string of the molecule is Fc1ccc(CNCc2cn(Cc3ccccc3Cl)c3ccccc23)cc1. The molecule has 1 aromatic heterocycles. The van der Waals surface area contributed by atoms with E-state index < -0.39 is 0 Å². The van der Waals surface area contributed by atoms with E-state index in [2.05, 4.69) is 46.4 Å². The van der Waals surface area contributed by atoms with Crippen molar-refractivity contribution >= 4 is 22.5 Å². The topological polar surface area (TPSA) is 17.0 Å². The van der Waals surface area contributed by atoms with Crippen LogP contribution >= 0.6 is 11.6 Å². The van der Waals surface area contributed by atoms with E-state index >= 15 is 0 Å². The number of hydrogen-bond acceptors (Lipinski definition) is 1. The van der Waals surface area contributed by atoms with Crippen LogP contribution in [0.2, 0.25) is 5.02 Å². The van der Waals surface area contributed by atoms with Crippen molar-refractivity contribution < 1.29 is 4.39 Å². The molecular formula is C23H20ClFN2. The molecule has 0 saturated carbocycles. The summed E-state index contributed by atoms with van der Waals surface area (Å²) in [6.07, 6.45) is 2.19. The molecule has 4 rings (SSSR count). The molecule has 2 nitrogen and oxygen atoms in total. The summed E-state index contributed by atoms with van der Waals surface area (Å²) in [5.41, 5.74) is 4.60. The zero-order chi connectivity index (χ0) is 18.6. The van der Waals surface area contributed by atoms with Crippen LogP contribution in [0.4, 0.5) is 4.39 Å². The lowest BCUT2D eigenvalue weighted by atomic mass is 10.1. The smallest absolute Gasteiger partial charge is 0.123 e. The van der Waals surface area contributed by atoms with E-state index in [1.807, 2.05) is 30.3 Å². The first-order valence-corrected chi connectivity index (χ1v) is 9.34. The van der Waals surface area contributed by atoms with Crippen molar-refractivity contribution in [3.63, 3.8) is 0 Å². The highest BCUT2D eigenvalue weighted by Crippen LogP contribution is 2.24. The first kappa shape index (κ1) is 17.8. The number of para-hydroxylation sites is 1. The summed E-state index contributed by atoms with van der Waals surface area (Å²) in [7, 11) is 0. The van der Waals surface area contributed by atoms with Crippen molar-refractivity contribution in [2.75, 3.05) is 0 Å². The summed E-state index contributed by atoms with van der Waals surface area (Å²) in [5, 5.41) is 5.47. The van der Waals surface area contributed by atoms with Gasteiger partial charge in [-0.1, -0.05) is 60.1 Å². The van der Waals surface area contributed by atoms with E-state index in [1.54, 1.807) is 0 Å². The molecule has 1 heterocycles. The van der Waals surface area contributed by atoms with Crippen molar-refractivity contribution in [1.29, 1.82) is 0 Å². The Kier molecular flexibility index (Phi) is 5.23. The fourth-order valence-corrected chi connectivity index (χ4v) is 3.54. The van der Waals surface area contributed by atoms with Crippen LogP contribution < -0.4 is 5.32 Å². The molecule has 0 amide bonds.